The Bertz CT molecular complexity index is 1310. The Morgan fingerprint density at radius 1 is 1.14 bits per heavy atom. The molecule has 29 heavy (non-hydrogen) atoms. The van der Waals surface area contributed by atoms with E-state index in [0.717, 1.165) is 32.2 Å². The van der Waals surface area contributed by atoms with Crippen molar-refractivity contribution in [3.8, 4) is 17.2 Å². The fourth-order valence-corrected chi connectivity index (χ4v) is 4.71. The third kappa shape index (κ3) is 3.48. The maximum Gasteiger partial charge on any atom is 0.263 e. The normalized spacial score (nSPS) is 11.0. The molecule has 4 aromatic rings. The summed E-state index contributed by atoms with van der Waals surface area (Å²) in [5.41, 5.74) is 4.70. The summed E-state index contributed by atoms with van der Waals surface area (Å²) in [6.07, 6.45) is 0.667. The number of thiophene rings is 1. The molecule has 2 aromatic heterocycles. The standard InChI is InChI=1S/C24H21N3OS/c1-4-20-26-23-22(21(16(3)29-23)19-10-8-15(2)9-11-19)24(28)27(20)14-18-7-5-6-17(12-18)13-25/h5-12H,4,14H2,1-3H3. The zero-order valence-electron chi connectivity index (χ0n) is 16.7. The summed E-state index contributed by atoms with van der Waals surface area (Å²) < 4.78 is 1.75. The van der Waals surface area contributed by atoms with Gasteiger partial charge in [-0.2, -0.15) is 5.26 Å². The molecule has 0 saturated carbocycles. The topological polar surface area (TPSA) is 58.7 Å². The second-order valence-corrected chi connectivity index (χ2v) is 8.37. The van der Waals surface area contributed by atoms with Gasteiger partial charge in [0.05, 0.1) is 23.6 Å². The van der Waals surface area contributed by atoms with Crippen LogP contribution in [0.4, 0.5) is 0 Å². The highest BCUT2D eigenvalue weighted by Gasteiger charge is 2.19. The molecule has 144 valence electrons. The van der Waals surface area contributed by atoms with E-state index in [0.29, 0.717) is 23.9 Å². The number of nitriles is 1. The molecule has 0 saturated heterocycles. The van der Waals surface area contributed by atoms with E-state index >= 15 is 0 Å². The molecule has 2 heterocycles. The average Bonchev–Trinajstić information content (AvgIpc) is 3.06. The van der Waals surface area contributed by atoms with Crippen LogP contribution in [0, 0.1) is 25.2 Å². The number of hydrogen-bond acceptors (Lipinski definition) is 4. The molecule has 0 amide bonds. The SMILES string of the molecule is CCc1nc2sc(C)c(-c3ccc(C)cc3)c2c(=O)n1Cc1cccc(C#N)c1. The summed E-state index contributed by atoms with van der Waals surface area (Å²) in [5.74, 6) is 0.765. The van der Waals surface area contributed by atoms with Crippen molar-refractivity contribution in [3.05, 3.63) is 86.3 Å². The van der Waals surface area contributed by atoms with Crippen molar-refractivity contribution in [2.75, 3.05) is 0 Å². The van der Waals surface area contributed by atoms with Crippen molar-refractivity contribution in [2.45, 2.75) is 33.7 Å². The van der Waals surface area contributed by atoms with Gasteiger partial charge in [0.1, 0.15) is 10.7 Å². The first-order valence-corrected chi connectivity index (χ1v) is 10.4. The van der Waals surface area contributed by atoms with Crippen LogP contribution in [-0.2, 0) is 13.0 Å². The number of benzene rings is 2. The first-order valence-electron chi connectivity index (χ1n) is 9.60. The fourth-order valence-electron chi connectivity index (χ4n) is 3.66. The molecule has 0 bridgehead atoms. The monoisotopic (exact) mass is 399 g/mol. The molecular formula is C24H21N3OS. The molecular weight excluding hydrogens is 378 g/mol. The Morgan fingerprint density at radius 3 is 2.59 bits per heavy atom. The minimum atomic E-state index is -0.0193. The van der Waals surface area contributed by atoms with E-state index in [1.165, 1.54) is 5.56 Å². The van der Waals surface area contributed by atoms with Crippen molar-refractivity contribution in [2.24, 2.45) is 0 Å². The molecule has 4 nitrogen and oxygen atoms in total. The van der Waals surface area contributed by atoms with Crippen molar-refractivity contribution in [1.82, 2.24) is 9.55 Å². The molecule has 0 spiro atoms. The summed E-state index contributed by atoms with van der Waals surface area (Å²) in [6.45, 7) is 6.52. The fraction of sp³-hybridized carbons (Fsp3) is 0.208. The molecule has 0 fully saturated rings. The van der Waals surface area contributed by atoms with E-state index in [1.807, 2.05) is 32.0 Å². The number of aromatic nitrogens is 2. The van der Waals surface area contributed by atoms with E-state index in [1.54, 1.807) is 22.0 Å². The lowest BCUT2D eigenvalue weighted by molar-refractivity contribution is 0.687. The molecule has 0 radical (unpaired) electrons. The van der Waals surface area contributed by atoms with Crippen molar-refractivity contribution in [3.63, 3.8) is 0 Å². The lowest BCUT2D eigenvalue weighted by Crippen LogP contribution is -2.25. The van der Waals surface area contributed by atoms with Crippen LogP contribution < -0.4 is 5.56 Å². The molecule has 0 atom stereocenters. The molecule has 0 aliphatic rings. The van der Waals surface area contributed by atoms with Gasteiger partial charge in [0.2, 0.25) is 0 Å². The van der Waals surface area contributed by atoms with Crippen LogP contribution in [0.25, 0.3) is 21.3 Å². The number of fused-ring (bicyclic) bond motifs is 1. The van der Waals surface area contributed by atoms with Crippen molar-refractivity contribution < 1.29 is 0 Å². The van der Waals surface area contributed by atoms with Gasteiger partial charge in [0.15, 0.2) is 0 Å². The van der Waals surface area contributed by atoms with Gasteiger partial charge in [0.25, 0.3) is 5.56 Å². The largest absolute Gasteiger partial charge is 0.292 e. The van der Waals surface area contributed by atoms with Gasteiger partial charge in [-0.05, 0) is 37.1 Å². The highest BCUT2D eigenvalue weighted by Crippen LogP contribution is 2.36. The molecule has 0 N–H and O–H groups in total. The van der Waals surface area contributed by atoms with Crippen LogP contribution in [0.5, 0.6) is 0 Å². The van der Waals surface area contributed by atoms with Gasteiger partial charge in [0, 0.05) is 16.9 Å². The second kappa shape index (κ2) is 7.65. The maximum atomic E-state index is 13.6. The summed E-state index contributed by atoms with van der Waals surface area (Å²) in [4.78, 5) is 20.3. The highest BCUT2D eigenvalue weighted by atomic mass is 32.1. The Balaban J connectivity index is 1.94. The lowest BCUT2D eigenvalue weighted by Gasteiger charge is -2.12. The highest BCUT2D eigenvalue weighted by molar-refractivity contribution is 7.19. The van der Waals surface area contributed by atoms with Crippen molar-refractivity contribution in [1.29, 1.82) is 5.26 Å². The van der Waals surface area contributed by atoms with Gasteiger partial charge in [-0.15, -0.1) is 11.3 Å². The summed E-state index contributed by atoms with van der Waals surface area (Å²) in [6, 6.07) is 17.8. The summed E-state index contributed by atoms with van der Waals surface area (Å²) >= 11 is 1.58. The van der Waals surface area contributed by atoms with Crippen LogP contribution in [0.1, 0.15) is 34.3 Å². The van der Waals surface area contributed by atoms with Crippen LogP contribution in [0.3, 0.4) is 0 Å². The van der Waals surface area contributed by atoms with Gasteiger partial charge >= 0.3 is 0 Å². The number of nitrogens with zero attached hydrogens (tertiary/aromatic N) is 3. The van der Waals surface area contributed by atoms with Crippen LogP contribution in [0.15, 0.2) is 53.3 Å². The Labute approximate surface area is 173 Å². The zero-order chi connectivity index (χ0) is 20.5. The Hall–Kier alpha value is -3.23. The van der Waals surface area contributed by atoms with Gasteiger partial charge in [-0.1, -0.05) is 48.9 Å². The number of rotatable bonds is 4. The lowest BCUT2D eigenvalue weighted by atomic mass is 10.0. The van der Waals surface area contributed by atoms with E-state index in [-0.39, 0.29) is 5.56 Å². The van der Waals surface area contributed by atoms with E-state index in [2.05, 4.69) is 37.3 Å². The third-order valence-corrected chi connectivity index (χ3v) is 6.12. The summed E-state index contributed by atoms with van der Waals surface area (Å²) in [7, 11) is 0. The Morgan fingerprint density at radius 2 is 1.90 bits per heavy atom. The summed E-state index contributed by atoms with van der Waals surface area (Å²) in [5, 5.41) is 9.87. The molecule has 0 aliphatic heterocycles. The maximum absolute atomic E-state index is 13.6. The molecule has 5 heteroatoms. The average molecular weight is 400 g/mol. The molecule has 0 unspecified atom stereocenters. The number of aryl methyl sites for hydroxylation is 3. The van der Waals surface area contributed by atoms with Crippen LogP contribution in [0.2, 0.25) is 0 Å². The van der Waals surface area contributed by atoms with Crippen LogP contribution in [-0.4, -0.2) is 9.55 Å². The first kappa shape index (κ1) is 19.1. The predicted octanol–water partition coefficient (Wildman–Crippen LogP) is 5.22. The minimum absolute atomic E-state index is 0.0193. The smallest absolute Gasteiger partial charge is 0.263 e. The van der Waals surface area contributed by atoms with Crippen LogP contribution >= 0.6 is 11.3 Å². The zero-order valence-corrected chi connectivity index (χ0v) is 17.5. The quantitative estimate of drug-likeness (QED) is 0.472. The second-order valence-electron chi connectivity index (χ2n) is 7.16. The Kier molecular flexibility index (Phi) is 5.04. The van der Waals surface area contributed by atoms with E-state index < -0.39 is 0 Å². The van der Waals surface area contributed by atoms with E-state index in [4.69, 9.17) is 4.98 Å². The molecule has 4 rings (SSSR count). The van der Waals surface area contributed by atoms with Crippen molar-refractivity contribution >= 4 is 21.6 Å². The van der Waals surface area contributed by atoms with E-state index in [9.17, 15) is 10.1 Å². The van der Waals surface area contributed by atoms with Gasteiger partial charge in [-0.25, -0.2) is 4.98 Å². The first-order chi connectivity index (χ1) is 14.0. The minimum Gasteiger partial charge on any atom is -0.292 e. The number of hydrogen-bond donors (Lipinski definition) is 0. The predicted molar refractivity (Wildman–Crippen MR) is 118 cm³/mol. The molecule has 2 aromatic carbocycles. The molecule has 0 aliphatic carbocycles. The third-order valence-electron chi connectivity index (χ3n) is 5.12. The van der Waals surface area contributed by atoms with Gasteiger partial charge in [-0.3, -0.25) is 9.36 Å². The van der Waals surface area contributed by atoms with Gasteiger partial charge < -0.3 is 0 Å².